The van der Waals surface area contributed by atoms with E-state index in [1.165, 1.54) is 34.2 Å². The highest BCUT2D eigenvalue weighted by Crippen LogP contribution is 2.23. The van der Waals surface area contributed by atoms with E-state index in [1.807, 2.05) is 18.2 Å². The average Bonchev–Trinajstić information content (AvgIpc) is 3.36. The Morgan fingerprint density at radius 2 is 2.07 bits per heavy atom. The van der Waals surface area contributed by atoms with Crippen LogP contribution in [0.2, 0.25) is 5.02 Å². The fourth-order valence-corrected chi connectivity index (χ4v) is 4.45. The summed E-state index contributed by atoms with van der Waals surface area (Å²) in [7, 11) is 0. The summed E-state index contributed by atoms with van der Waals surface area (Å²) in [6.07, 6.45) is 2.59. The average molecular weight is 457 g/mol. The number of benzene rings is 2. The Morgan fingerprint density at radius 1 is 1.23 bits per heavy atom. The molecule has 2 aromatic carbocycles. The minimum atomic E-state index is -0.165. The van der Waals surface area contributed by atoms with Crippen LogP contribution >= 0.6 is 34.7 Å². The molecular weight excluding hydrogens is 440 g/mol. The largest absolute Gasteiger partial charge is 0.301 e. The van der Waals surface area contributed by atoms with Crippen LogP contribution in [0.4, 0.5) is 5.13 Å². The third kappa shape index (κ3) is 5.24. The van der Waals surface area contributed by atoms with E-state index in [0.29, 0.717) is 15.3 Å². The van der Waals surface area contributed by atoms with Crippen molar-refractivity contribution in [3.05, 3.63) is 75.8 Å². The van der Waals surface area contributed by atoms with Crippen LogP contribution in [0, 0.1) is 6.92 Å². The molecule has 0 bridgehead atoms. The minimum absolute atomic E-state index is 0.165. The maximum Gasteiger partial charge on any atom is 0.236 e. The summed E-state index contributed by atoms with van der Waals surface area (Å²) < 4.78 is 1.57. The Morgan fingerprint density at radius 3 is 2.87 bits per heavy atom. The standard InChI is InChI=1S/C20H17ClN6OS2/c1-13-3-2-4-14(9-13)10-17-11-22-19(30-17)23-18(28)12-29-20-24-25-26-27(20)16-7-5-15(21)6-8-16/h2-9,11H,10,12H2,1H3,(H,22,23,28). The highest BCUT2D eigenvalue weighted by Gasteiger charge is 2.13. The normalized spacial score (nSPS) is 10.9. The smallest absolute Gasteiger partial charge is 0.236 e. The zero-order valence-corrected chi connectivity index (χ0v) is 18.3. The molecule has 1 amide bonds. The monoisotopic (exact) mass is 456 g/mol. The molecule has 10 heteroatoms. The van der Waals surface area contributed by atoms with Crippen LogP contribution in [-0.4, -0.2) is 36.9 Å². The fraction of sp³-hybridized carbons (Fsp3) is 0.150. The predicted octanol–water partition coefficient (Wildman–Crippen LogP) is 4.40. The first kappa shape index (κ1) is 20.5. The summed E-state index contributed by atoms with van der Waals surface area (Å²) in [6.45, 7) is 2.07. The number of hydrogen-bond donors (Lipinski definition) is 1. The van der Waals surface area contributed by atoms with Crippen molar-refractivity contribution in [2.24, 2.45) is 0 Å². The lowest BCUT2D eigenvalue weighted by atomic mass is 10.1. The van der Waals surface area contributed by atoms with E-state index in [9.17, 15) is 4.79 Å². The summed E-state index contributed by atoms with van der Waals surface area (Å²) in [4.78, 5) is 17.8. The van der Waals surface area contributed by atoms with Crippen molar-refractivity contribution in [3.63, 3.8) is 0 Å². The van der Waals surface area contributed by atoms with Crippen molar-refractivity contribution in [3.8, 4) is 5.69 Å². The highest BCUT2D eigenvalue weighted by atomic mass is 35.5. The number of halogens is 1. The Bertz CT molecular complexity index is 1160. The molecule has 4 rings (SSSR count). The van der Waals surface area contributed by atoms with Crippen molar-refractivity contribution < 1.29 is 4.79 Å². The zero-order valence-electron chi connectivity index (χ0n) is 15.9. The van der Waals surface area contributed by atoms with Crippen LogP contribution in [0.3, 0.4) is 0 Å². The second-order valence-electron chi connectivity index (χ2n) is 6.48. The summed E-state index contributed by atoms with van der Waals surface area (Å²) >= 11 is 8.65. The number of thioether (sulfide) groups is 1. The van der Waals surface area contributed by atoms with Crippen LogP contribution in [-0.2, 0) is 11.2 Å². The molecule has 0 radical (unpaired) electrons. The molecule has 0 aliphatic carbocycles. The van der Waals surface area contributed by atoms with Gasteiger partial charge in [-0.1, -0.05) is 53.2 Å². The highest BCUT2D eigenvalue weighted by molar-refractivity contribution is 7.99. The molecule has 4 aromatic rings. The summed E-state index contributed by atoms with van der Waals surface area (Å²) in [6, 6.07) is 15.5. The number of nitrogens with one attached hydrogen (secondary N) is 1. The van der Waals surface area contributed by atoms with Crippen molar-refractivity contribution >= 4 is 45.7 Å². The number of aromatic nitrogens is 5. The fourth-order valence-electron chi connectivity index (χ4n) is 2.77. The molecule has 0 spiro atoms. The number of rotatable bonds is 7. The van der Waals surface area contributed by atoms with Gasteiger partial charge < -0.3 is 5.32 Å². The number of amides is 1. The van der Waals surface area contributed by atoms with Gasteiger partial charge in [-0.25, -0.2) is 4.98 Å². The van der Waals surface area contributed by atoms with Crippen molar-refractivity contribution in [2.75, 3.05) is 11.1 Å². The first-order chi connectivity index (χ1) is 14.6. The van der Waals surface area contributed by atoms with E-state index >= 15 is 0 Å². The number of tetrazole rings is 1. The molecule has 7 nitrogen and oxygen atoms in total. The van der Waals surface area contributed by atoms with E-state index in [0.717, 1.165) is 17.0 Å². The van der Waals surface area contributed by atoms with E-state index in [2.05, 4.69) is 50.9 Å². The van der Waals surface area contributed by atoms with Gasteiger partial charge in [0.2, 0.25) is 11.1 Å². The molecule has 0 saturated carbocycles. The van der Waals surface area contributed by atoms with Gasteiger partial charge in [0.15, 0.2) is 5.13 Å². The lowest BCUT2D eigenvalue weighted by Crippen LogP contribution is -2.14. The number of nitrogens with zero attached hydrogens (tertiary/aromatic N) is 5. The Kier molecular flexibility index (Phi) is 6.41. The van der Waals surface area contributed by atoms with Gasteiger partial charge in [-0.15, -0.1) is 16.4 Å². The van der Waals surface area contributed by atoms with Gasteiger partial charge in [-0.3, -0.25) is 4.79 Å². The van der Waals surface area contributed by atoms with Crippen LogP contribution in [0.15, 0.2) is 59.9 Å². The van der Waals surface area contributed by atoms with E-state index < -0.39 is 0 Å². The third-order valence-corrected chi connectivity index (χ3v) is 6.19. The van der Waals surface area contributed by atoms with Crippen molar-refractivity contribution in [1.82, 2.24) is 25.2 Å². The number of thiazole rings is 1. The Balaban J connectivity index is 1.33. The Hall–Kier alpha value is -2.75. The summed E-state index contributed by atoms with van der Waals surface area (Å²) in [5.41, 5.74) is 3.22. The number of hydrogen-bond acceptors (Lipinski definition) is 7. The molecular formula is C20H17ClN6OS2. The number of carbonyl (C=O) groups excluding carboxylic acids is 1. The molecule has 152 valence electrons. The van der Waals surface area contributed by atoms with Gasteiger partial charge in [-0.2, -0.15) is 4.68 Å². The SMILES string of the molecule is Cc1cccc(Cc2cnc(NC(=O)CSc3nnnn3-c3ccc(Cl)cc3)s2)c1. The molecule has 0 saturated heterocycles. The summed E-state index contributed by atoms with van der Waals surface area (Å²) in [5, 5.41) is 16.2. The molecule has 2 aromatic heterocycles. The van der Waals surface area contributed by atoms with Gasteiger partial charge in [-0.05, 0) is 47.2 Å². The molecule has 0 fully saturated rings. The number of aryl methyl sites for hydroxylation is 1. The third-order valence-electron chi connectivity index (χ3n) is 4.11. The number of anilines is 1. The first-order valence-corrected chi connectivity index (χ1v) is 11.2. The van der Waals surface area contributed by atoms with E-state index in [4.69, 9.17) is 11.6 Å². The molecule has 2 heterocycles. The van der Waals surface area contributed by atoms with Crippen LogP contribution in [0.25, 0.3) is 5.69 Å². The number of carbonyl (C=O) groups is 1. The van der Waals surface area contributed by atoms with Crippen molar-refractivity contribution in [1.29, 1.82) is 0 Å². The van der Waals surface area contributed by atoms with Gasteiger partial charge in [0, 0.05) is 22.5 Å². The maximum atomic E-state index is 12.4. The van der Waals surface area contributed by atoms with Crippen LogP contribution < -0.4 is 5.32 Å². The second kappa shape index (κ2) is 9.38. The van der Waals surface area contributed by atoms with Gasteiger partial charge in [0.1, 0.15) is 0 Å². The quantitative estimate of drug-likeness (QED) is 0.415. The predicted molar refractivity (Wildman–Crippen MR) is 120 cm³/mol. The van der Waals surface area contributed by atoms with Gasteiger partial charge in [0.25, 0.3) is 0 Å². The van der Waals surface area contributed by atoms with Crippen LogP contribution in [0.5, 0.6) is 0 Å². The molecule has 0 atom stereocenters. The van der Waals surface area contributed by atoms with Crippen molar-refractivity contribution in [2.45, 2.75) is 18.5 Å². The van der Waals surface area contributed by atoms with E-state index in [1.54, 1.807) is 23.0 Å². The topological polar surface area (TPSA) is 85.6 Å². The van der Waals surface area contributed by atoms with Crippen LogP contribution in [0.1, 0.15) is 16.0 Å². The van der Waals surface area contributed by atoms with Gasteiger partial charge >= 0.3 is 0 Å². The second-order valence-corrected chi connectivity index (χ2v) is 8.98. The molecule has 30 heavy (non-hydrogen) atoms. The maximum absolute atomic E-state index is 12.4. The molecule has 1 N–H and O–H groups in total. The summed E-state index contributed by atoms with van der Waals surface area (Å²) in [5.74, 6) is 0.00271. The Labute approximate surface area is 186 Å². The lowest BCUT2D eigenvalue weighted by Gasteiger charge is -2.04. The zero-order chi connectivity index (χ0) is 20.9. The van der Waals surface area contributed by atoms with E-state index in [-0.39, 0.29) is 11.7 Å². The lowest BCUT2D eigenvalue weighted by molar-refractivity contribution is -0.113. The molecule has 0 aliphatic heterocycles. The minimum Gasteiger partial charge on any atom is -0.301 e. The molecule has 0 unspecified atom stereocenters. The molecule has 0 aliphatic rings. The van der Waals surface area contributed by atoms with Gasteiger partial charge in [0.05, 0.1) is 11.4 Å². The first-order valence-electron chi connectivity index (χ1n) is 9.04.